The van der Waals surface area contributed by atoms with Gasteiger partial charge in [0.15, 0.2) is 8.07 Å². The van der Waals surface area contributed by atoms with Crippen molar-refractivity contribution in [2.24, 2.45) is 5.92 Å². The van der Waals surface area contributed by atoms with Crippen molar-refractivity contribution in [3.05, 3.63) is 110 Å². The van der Waals surface area contributed by atoms with Gasteiger partial charge < -0.3 is 0 Å². The molecule has 3 aromatic rings. The van der Waals surface area contributed by atoms with E-state index in [1.165, 1.54) is 49.7 Å². The van der Waals surface area contributed by atoms with Gasteiger partial charge in [0.1, 0.15) is 0 Å². The van der Waals surface area contributed by atoms with Crippen LogP contribution in [0.3, 0.4) is 0 Å². The van der Waals surface area contributed by atoms with Gasteiger partial charge in [-0.15, -0.1) is 0 Å². The van der Waals surface area contributed by atoms with Crippen molar-refractivity contribution in [2.45, 2.75) is 114 Å². The Morgan fingerprint density at radius 1 is 0.585 bits per heavy atom. The van der Waals surface area contributed by atoms with Crippen molar-refractivity contribution in [1.29, 1.82) is 0 Å². The second-order valence-electron chi connectivity index (χ2n) is 14.8. The van der Waals surface area contributed by atoms with E-state index in [-0.39, 0.29) is 10.8 Å². The minimum atomic E-state index is -2.71. The normalized spacial score (nSPS) is 17.6. The molecule has 0 radical (unpaired) electrons. The largest absolute Gasteiger partial charge is 0.176 e. The molecule has 0 aliphatic heterocycles. The second-order valence-corrected chi connectivity index (χ2v) is 18.6. The van der Waals surface area contributed by atoms with Crippen LogP contribution in [-0.2, 0) is 23.7 Å². The molecule has 0 amide bonds. The highest BCUT2D eigenvalue weighted by Gasteiger charge is 2.48. The van der Waals surface area contributed by atoms with Gasteiger partial charge in [-0.25, -0.2) is 0 Å². The fourth-order valence-corrected chi connectivity index (χ4v) is 12.9. The summed E-state index contributed by atoms with van der Waals surface area (Å²) in [6.07, 6.45) is 4.63. The molecule has 1 aliphatic rings. The summed E-state index contributed by atoms with van der Waals surface area (Å²) in [6, 6.07) is 22.8. The number of hydrogen-bond donors (Lipinski definition) is 0. The maximum atomic E-state index is 2.62. The monoisotopic (exact) mass is 562 g/mol. The predicted molar refractivity (Wildman–Crippen MR) is 185 cm³/mol. The molecule has 0 nitrogen and oxygen atoms in total. The molecule has 0 aromatic heterocycles. The van der Waals surface area contributed by atoms with E-state index < -0.39 is 8.07 Å². The maximum Gasteiger partial charge on any atom is 0.176 e. The molecule has 0 fully saturated rings. The summed E-state index contributed by atoms with van der Waals surface area (Å²) < 4.78 is 0. The number of aryl methyl sites for hydroxylation is 4. The summed E-state index contributed by atoms with van der Waals surface area (Å²) in [5, 5.41) is 6.29. The zero-order chi connectivity index (χ0) is 30.5. The first-order chi connectivity index (χ1) is 19.0. The van der Waals surface area contributed by atoms with Crippen molar-refractivity contribution >= 4 is 23.6 Å². The number of rotatable bonds is 6. The van der Waals surface area contributed by atoms with E-state index in [0.29, 0.717) is 5.92 Å². The Kier molecular flexibility index (Phi) is 8.56. The summed E-state index contributed by atoms with van der Waals surface area (Å²) in [5.74, 6) is 0.397. The van der Waals surface area contributed by atoms with Crippen LogP contribution < -0.4 is 15.6 Å². The average molecular weight is 563 g/mol. The highest BCUT2D eigenvalue weighted by atomic mass is 28.3. The van der Waals surface area contributed by atoms with Crippen LogP contribution in [0.4, 0.5) is 0 Å². The third kappa shape index (κ3) is 5.85. The highest BCUT2D eigenvalue weighted by molar-refractivity contribution is 7.16. The van der Waals surface area contributed by atoms with Gasteiger partial charge in [0.25, 0.3) is 0 Å². The fourth-order valence-electron chi connectivity index (χ4n) is 7.02. The zero-order valence-corrected chi connectivity index (χ0v) is 29.3. The zero-order valence-electron chi connectivity index (χ0n) is 28.3. The summed E-state index contributed by atoms with van der Waals surface area (Å²) in [6.45, 7) is 30.6. The molecule has 0 saturated heterocycles. The van der Waals surface area contributed by atoms with Crippen molar-refractivity contribution in [2.75, 3.05) is 0 Å². The molecule has 0 N–H and O–H groups in total. The SMILES string of the molecule is CCc1cc(CC)cc([Si](C2=C(C)C(C)=CC2C)(c2cc(C)cc(C)c2)c2cc(C(C)(C)C)cc(C(C)(C)C)c2)c1. The van der Waals surface area contributed by atoms with Gasteiger partial charge in [-0.1, -0.05) is 150 Å². The van der Waals surface area contributed by atoms with Crippen molar-refractivity contribution in [1.82, 2.24) is 0 Å². The summed E-state index contributed by atoms with van der Waals surface area (Å²) in [4.78, 5) is 0. The standard InChI is InChI=1S/C40H54Si/c1-14-31-20-32(15-2)22-36(21-31)41(35-17-26(3)16-27(4)18-35,38-29(6)19-28(5)30(38)7)37-24-33(39(8,9)10)23-34(25-37)40(11,12)13/h16-25,29H,14-15H2,1-13H3. The first kappa shape index (κ1) is 31.3. The van der Waals surface area contributed by atoms with E-state index in [2.05, 4.69) is 151 Å². The van der Waals surface area contributed by atoms with Crippen molar-refractivity contribution in [3.63, 3.8) is 0 Å². The van der Waals surface area contributed by atoms with Gasteiger partial charge >= 0.3 is 0 Å². The van der Waals surface area contributed by atoms with E-state index >= 15 is 0 Å². The Balaban J connectivity index is 2.34. The Bertz CT molecular complexity index is 1440. The quantitative estimate of drug-likeness (QED) is 0.208. The van der Waals surface area contributed by atoms with Crippen molar-refractivity contribution in [3.8, 4) is 0 Å². The molecular formula is C40H54Si. The summed E-state index contributed by atoms with van der Waals surface area (Å²) in [7, 11) is -2.71. The van der Waals surface area contributed by atoms with E-state index in [1.54, 1.807) is 15.6 Å². The molecule has 0 spiro atoms. The highest BCUT2D eigenvalue weighted by Crippen LogP contribution is 2.38. The van der Waals surface area contributed by atoms with Gasteiger partial charge in [-0.2, -0.15) is 0 Å². The molecule has 0 saturated carbocycles. The molecule has 0 bridgehead atoms. The van der Waals surface area contributed by atoms with Gasteiger partial charge in [0.2, 0.25) is 0 Å². The van der Waals surface area contributed by atoms with Crippen LogP contribution in [-0.4, -0.2) is 8.07 Å². The van der Waals surface area contributed by atoms with Crippen molar-refractivity contribution < 1.29 is 0 Å². The van der Waals surface area contributed by atoms with Gasteiger partial charge in [-0.05, 0) is 95.1 Å². The lowest BCUT2D eigenvalue weighted by Gasteiger charge is -2.40. The molecular weight excluding hydrogens is 509 g/mol. The Hall–Kier alpha value is -2.64. The summed E-state index contributed by atoms with van der Waals surface area (Å²) >= 11 is 0. The maximum absolute atomic E-state index is 2.71. The molecule has 41 heavy (non-hydrogen) atoms. The first-order valence-electron chi connectivity index (χ1n) is 15.8. The molecule has 0 heterocycles. The van der Waals surface area contributed by atoms with E-state index in [0.717, 1.165) is 12.8 Å². The number of allylic oxidation sites excluding steroid dienone is 4. The topological polar surface area (TPSA) is 0 Å². The Morgan fingerprint density at radius 3 is 1.41 bits per heavy atom. The minimum absolute atomic E-state index is 0.0530. The van der Waals surface area contributed by atoms with Crippen LogP contribution in [0.5, 0.6) is 0 Å². The van der Waals surface area contributed by atoms with Crippen LogP contribution in [0.1, 0.15) is 110 Å². The molecule has 4 rings (SSSR count). The van der Waals surface area contributed by atoms with Crippen LogP contribution in [0.15, 0.2) is 77.0 Å². The molecule has 3 aromatic carbocycles. The third-order valence-electron chi connectivity index (χ3n) is 9.41. The van der Waals surface area contributed by atoms with Gasteiger partial charge in [-0.3, -0.25) is 0 Å². The van der Waals surface area contributed by atoms with E-state index in [1.807, 2.05) is 0 Å². The van der Waals surface area contributed by atoms with Crippen LogP contribution >= 0.6 is 0 Å². The lowest BCUT2D eigenvalue weighted by molar-refractivity contribution is 0.569. The average Bonchev–Trinajstić information content (AvgIpc) is 3.14. The van der Waals surface area contributed by atoms with Crippen LogP contribution in [0, 0.1) is 19.8 Å². The van der Waals surface area contributed by atoms with Gasteiger partial charge in [0.05, 0.1) is 0 Å². The molecule has 2 atom stereocenters. The minimum Gasteiger partial charge on any atom is -0.0748 e. The molecule has 1 aliphatic carbocycles. The Labute approximate surface area is 253 Å². The first-order valence-corrected chi connectivity index (χ1v) is 17.8. The lowest BCUT2D eigenvalue weighted by Crippen LogP contribution is -2.70. The van der Waals surface area contributed by atoms with Gasteiger partial charge in [0, 0.05) is 0 Å². The molecule has 2 unspecified atom stereocenters. The third-order valence-corrected chi connectivity index (χ3v) is 14.5. The second kappa shape index (κ2) is 11.2. The lowest BCUT2D eigenvalue weighted by atomic mass is 9.81. The smallest absolute Gasteiger partial charge is 0.0748 e. The number of benzene rings is 3. The Morgan fingerprint density at radius 2 is 1.02 bits per heavy atom. The molecule has 218 valence electrons. The van der Waals surface area contributed by atoms with E-state index in [9.17, 15) is 0 Å². The van der Waals surface area contributed by atoms with E-state index in [4.69, 9.17) is 0 Å². The van der Waals surface area contributed by atoms with Crippen LogP contribution in [0.25, 0.3) is 0 Å². The molecule has 1 heteroatoms. The predicted octanol–water partition coefficient (Wildman–Crippen LogP) is 8.95. The number of hydrogen-bond acceptors (Lipinski definition) is 0. The van der Waals surface area contributed by atoms with Crippen LogP contribution in [0.2, 0.25) is 0 Å². The fraction of sp³-hybridized carbons (Fsp3) is 0.450. The summed E-state index contributed by atoms with van der Waals surface area (Å²) in [5.41, 5.74) is 11.6.